The third-order valence-electron chi connectivity index (χ3n) is 3.91. The van der Waals surface area contributed by atoms with Crippen LogP contribution in [0.2, 0.25) is 10.0 Å². The maximum atomic E-state index is 12.9. The number of nitrogens with zero attached hydrogens (tertiary/aromatic N) is 3. The molecule has 1 aromatic carbocycles. The number of ether oxygens (including phenoxy) is 1. The zero-order valence-electron chi connectivity index (χ0n) is 17.7. The van der Waals surface area contributed by atoms with Gasteiger partial charge in [-0.3, -0.25) is 4.79 Å². The number of nitrogens with two attached hydrogens (primary N) is 1. The third-order valence-corrected chi connectivity index (χ3v) is 5.20. The van der Waals surface area contributed by atoms with Gasteiger partial charge in [-0.15, -0.1) is 0 Å². The molecule has 1 heterocycles. The highest BCUT2D eigenvalue weighted by atomic mass is 35.5. The molecule has 1 aliphatic rings. The van der Waals surface area contributed by atoms with Crippen molar-refractivity contribution in [3.05, 3.63) is 38.6 Å². The SMILES string of the molecule is N#CC1C(Cl)=C(N)N(c2c(Cl)cc(C(F)(F)F)cc2Cl)N1C(=O)C(F)F.O=C(OC(=O)C(F)(F)Cl)C(F)(F)Cl. The number of hydrogen-bond donors (Lipinski definition) is 1. The van der Waals surface area contributed by atoms with Crippen LogP contribution in [0.3, 0.4) is 0 Å². The number of carbonyl (C=O) groups is 3. The van der Waals surface area contributed by atoms with E-state index in [1.165, 1.54) is 6.07 Å². The maximum Gasteiger partial charge on any atom is 0.418 e. The molecule has 0 saturated heterocycles. The molecule has 2 N–H and O–H groups in total. The predicted molar refractivity (Wildman–Crippen MR) is 116 cm³/mol. The Balaban J connectivity index is 0.000000495. The van der Waals surface area contributed by atoms with Crippen LogP contribution in [0.15, 0.2) is 23.0 Å². The zero-order valence-corrected chi connectivity index (χ0v) is 21.4. The van der Waals surface area contributed by atoms with Crippen molar-refractivity contribution in [2.75, 3.05) is 5.01 Å². The molecule has 39 heavy (non-hydrogen) atoms. The summed E-state index contributed by atoms with van der Waals surface area (Å²) in [5.74, 6) is -7.66. The van der Waals surface area contributed by atoms with Gasteiger partial charge < -0.3 is 10.5 Å². The van der Waals surface area contributed by atoms with Crippen LogP contribution in [0.25, 0.3) is 0 Å². The highest BCUT2D eigenvalue weighted by Crippen LogP contribution is 2.45. The molecule has 1 amide bonds. The molecule has 216 valence electrons. The molecule has 22 heteroatoms. The van der Waals surface area contributed by atoms with Crippen molar-refractivity contribution in [3.63, 3.8) is 0 Å². The second kappa shape index (κ2) is 12.3. The van der Waals surface area contributed by atoms with E-state index in [0.29, 0.717) is 17.1 Å². The van der Waals surface area contributed by atoms with Crippen molar-refractivity contribution in [1.82, 2.24) is 5.01 Å². The second-order valence-corrected chi connectivity index (χ2v) is 8.69. The number of alkyl halides is 11. The van der Waals surface area contributed by atoms with E-state index in [0.717, 1.165) is 0 Å². The molecule has 1 atom stereocenters. The second-order valence-electron chi connectivity index (χ2n) is 6.52. The largest absolute Gasteiger partial charge is 0.418 e. The van der Waals surface area contributed by atoms with E-state index in [2.05, 4.69) is 27.9 Å². The van der Waals surface area contributed by atoms with Gasteiger partial charge >= 0.3 is 41.2 Å². The van der Waals surface area contributed by atoms with Gasteiger partial charge in [-0.25, -0.2) is 19.6 Å². The first-order chi connectivity index (χ1) is 17.5. The van der Waals surface area contributed by atoms with E-state index in [4.69, 9.17) is 45.8 Å². The van der Waals surface area contributed by atoms with Crippen molar-refractivity contribution in [1.29, 1.82) is 5.26 Å². The van der Waals surface area contributed by atoms with Gasteiger partial charge in [-0.2, -0.15) is 44.8 Å². The summed E-state index contributed by atoms with van der Waals surface area (Å²) in [4.78, 5) is 31.8. The Morgan fingerprint density at radius 2 is 1.36 bits per heavy atom. The van der Waals surface area contributed by atoms with Gasteiger partial charge in [0.1, 0.15) is 11.5 Å². The van der Waals surface area contributed by atoms with Gasteiger partial charge in [0, 0.05) is 0 Å². The molecule has 1 unspecified atom stereocenters. The fraction of sp³-hybridized carbons (Fsp3) is 0.294. The Bertz CT molecular complexity index is 1180. The van der Waals surface area contributed by atoms with Crippen LogP contribution in [0.1, 0.15) is 5.56 Å². The zero-order chi connectivity index (χ0) is 30.8. The van der Waals surface area contributed by atoms with Gasteiger partial charge in [0.2, 0.25) is 0 Å². The first kappa shape index (κ1) is 34.5. The lowest BCUT2D eigenvalue weighted by Gasteiger charge is -2.33. The maximum absolute atomic E-state index is 12.9. The van der Waals surface area contributed by atoms with Crippen molar-refractivity contribution < 1.29 is 58.6 Å². The lowest BCUT2D eigenvalue weighted by Crippen LogP contribution is -2.50. The minimum atomic E-state index is -4.79. The minimum absolute atomic E-state index is 0.183. The molecular formula is C17H6Cl5F9N4O4. The van der Waals surface area contributed by atoms with Crippen molar-refractivity contribution >= 4 is 81.5 Å². The highest BCUT2D eigenvalue weighted by Gasteiger charge is 2.47. The summed E-state index contributed by atoms with van der Waals surface area (Å²) in [6, 6.07) is 0.703. The van der Waals surface area contributed by atoms with E-state index in [1.807, 2.05) is 0 Å². The fourth-order valence-electron chi connectivity index (χ4n) is 2.38. The number of amides is 1. The van der Waals surface area contributed by atoms with Crippen LogP contribution < -0.4 is 10.7 Å². The average molecular weight is 679 g/mol. The highest BCUT2D eigenvalue weighted by molar-refractivity contribution is 6.40. The third kappa shape index (κ3) is 8.24. The molecule has 0 radical (unpaired) electrons. The number of anilines is 1. The molecule has 1 aliphatic heterocycles. The number of hydrazine groups is 1. The van der Waals surface area contributed by atoms with E-state index < -0.39 is 79.4 Å². The summed E-state index contributed by atoms with van der Waals surface area (Å²) < 4.78 is 114. The summed E-state index contributed by atoms with van der Waals surface area (Å²) in [5.41, 5.74) is 3.93. The average Bonchev–Trinajstić information content (AvgIpc) is 3.01. The first-order valence-electron chi connectivity index (χ1n) is 8.89. The lowest BCUT2D eigenvalue weighted by molar-refractivity contribution is -0.180. The molecule has 0 spiro atoms. The topological polar surface area (TPSA) is 117 Å². The fourth-order valence-corrected chi connectivity index (χ4v) is 3.32. The Morgan fingerprint density at radius 3 is 1.67 bits per heavy atom. The Morgan fingerprint density at radius 1 is 0.949 bits per heavy atom. The predicted octanol–water partition coefficient (Wildman–Crippen LogP) is 5.82. The molecule has 8 nitrogen and oxygen atoms in total. The van der Waals surface area contributed by atoms with E-state index in [-0.39, 0.29) is 5.01 Å². The van der Waals surface area contributed by atoms with Crippen molar-refractivity contribution in [2.24, 2.45) is 5.73 Å². The van der Waals surface area contributed by atoms with Crippen LogP contribution >= 0.6 is 58.0 Å². The van der Waals surface area contributed by atoms with E-state index in [9.17, 15) is 53.9 Å². The van der Waals surface area contributed by atoms with Crippen molar-refractivity contribution in [2.45, 2.75) is 29.4 Å². The van der Waals surface area contributed by atoms with E-state index >= 15 is 0 Å². The van der Waals surface area contributed by atoms with Gasteiger partial charge in [-0.1, -0.05) is 34.8 Å². The van der Waals surface area contributed by atoms with Crippen molar-refractivity contribution in [3.8, 4) is 6.07 Å². The minimum Gasteiger partial charge on any atom is -0.383 e. The van der Waals surface area contributed by atoms with Gasteiger partial charge in [-0.05, 0) is 35.3 Å². The number of carbonyl (C=O) groups excluding carboxylic acids is 3. The molecule has 2 rings (SSSR count). The van der Waals surface area contributed by atoms with Gasteiger partial charge in [0.15, 0.2) is 6.04 Å². The normalized spacial score (nSPS) is 16.1. The molecule has 0 saturated carbocycles. The Kier molecular flexibility index (Phi) is 10.9. The number of hydrogen-bond acceptors (Lipinski definition) is 7. The number of nitriles is 1. The molecule has 0 bridgehead atoms. The van der Waals surface area contributed by atoms with Crippen LogP contribution in [0, 0.1) is 11.3 Å². The molecular weight excluding hydrogens is 672 g/mol. The Hall–Kier alpha value is -2.52. The molecule has 1 aromatic rings. The summed E-state index contributed by atoms with van der Waals surface area (Å²) in [6.45, 7) is 0. The number of halogens is 14. The summed E-state index contributed by atoms with van der Waals surface area (Å²) in [6.07, 6.45) is -8.35. The monoisotopic (exact) mass is 676 g/mol. The summed E-state index contributed by atoms with van der Waals surface area (Å²) in [7, 11) is 0. The van der Waals surface area contributed by atoms with Gasteiger partial charge in [0.25, 0.3) is 0 Å². The summed E-state index contributed by atoms with van der Waals surface area (Å²) >= 11 is 25.5. The number of benzene rings is 1. The van der Waals surface area contributed by atoms with Crippen LogP contribution in [-0.2, 0) is 25.3 Å². The van der Waals surface area contributed by atoms with E-state index in [1.54, 1.807) is 0 Å². The lowest BCUT2D eigenvalue weighted by atomic mass is 10.2. The van der Waals surface area contributed by atoms with Crippen LogP contribution in [-0.4, -0.2) is 46.1 Å². The number of rotatable bonds is 4. The molecule has 0 aliphatic carbocycles. The van der Waals surface area contributed by atoms with Gasteiger partial charge in [0.05, 0.1) is 26.7 Å². The first-order valence-corrected chi connectivity index (χ1v) is 10.8. The Labute approximate surface area is 235 Å². The smallest absolute Gasteiger partial charge is 0.383 e. The standard InChI is InChI=1S/C13H6Cl3F5N4O.C4Cl2F4O3/c14-5-1-4(13(19,20)21)2-6(15)9(5)25-11(23)8(16)7(3-22)24(25)12(26)10(17)18;5-3(7,8)1(11)13-2(12)4(6,9)10/h1-2,7,10H,23H2;. The van der Waals surface area contributed by atoms with Crippen LogP contribution in [0.5, 0.6) is 0 Å². The summed E-state index contributed by atoms with van der Waals surface area (Å²) in [5, 5.41) is -1.10. The van der Waals surface area contributed by atoms with Crippen LogP contribution in [0.4, 0.5) is 45.2 Å². The molecule has 0 aromatic heterocycles. The quantitative estimate of drug-likeness (QED) is 0.185. The molecule has 0 fully saturated rings. The number of esters is 2.